The van der Waals surface area contributed by atoms with Crippen LogP contribution in [0.5, 0.6) is 11.5 Å². The van der Waals surface area contributed by atoms with E-state index in [-0.39, 0.29) is 11.5 Å². The number of ether oxygens (including phenoxy) is 2. The maximum Gasteiger partial charge on any atom is 0.271 e. The van der Waals surface area contributed by atoms with Crippen molar-refractivity contribution in [1.29, 1.82) is 0 Å². The van der Waals surface area contributed by atoms with Crippen molar-refractivity contribution >= 4 is 34.1 Å². The van der Waals surface area contributed by atoms with Crippen molar-refractivity contribution in [3.8, 4) is 11.5 Å². The van der Waals surface area contributed by atoms with E-state index < -0.39 is 6.04 Å². The van der Waals surface area contributed by atoms with Gasteiger partial charge in [0.2, 0.25) is 0 Å². The number of methoxy groups -OCH3 is 2. The van der Waals surface area contributed by atoms with E-state index in [1.54, 1.807) is 23.7 Å². The van der Waals surface area contributed by atoms with E-state index in [4.69, 9.17) is 14.5 Å². The van der Waals surface area contributed by atoms with Gasteiger partial charge in [0.25, 0.3) is 11.5 Å². The van der Waals surface area contributed by atoms with Gasteiger partial charge in [0.15, 0.2) is 4.80 Å². The van der Waals surface area contributed by atoms with Gasteiger partial charge in [0.05, 0.1) is 30.0 Å². The zero-order chi connectivity index (χ0) is 27.7. The van der Waals surface area contributed by atoms with Crippen molar-refractivity contribution in [3.63, 3.8) is 0 Å². The highest BCUT2D eigenvalue weighted by Gasteiger charge is 2.36. The smallest absolute Gasteiger partial charge is 0.271 e. The van der Waals surface area contributed by atoms with Crippen LogP contribution in [0.15, 0.2) is 81.7 Å². The first kappa shape index (κ1) is 26.4. The molecule has 4 aromatic rings. The molecule has 5 rings (SSSR count). The van der Waals surface area contributed by atoms with Crippen LogP contribution in [0.1, 0.15) is 37.9 Å². The van der Waals surface area contributed by atoms with E-state index in [0.717, 1.165) is 21.9 Å². The maximum atomic E-state index is 14.1. The summed E-state index contributed by atoms with van der Waals surface area (Å²) >= 11 is 1.31. The lowest BCUT2D eigenvalue weighted by molar-refractivity contribution is -0.127. The molecule has 8 heteroatoms. The van der Waals surface area contributed by atoms with Crippen LogP contribution in [-0.4, -0.2) is 42.7 Å². The van der Waals surface area contributed by atoms with Gasteiger partial charge < -0.3 is 14.4 Å². The van der Waals surface area contributed by atoms with E-state index in [1.165, 1.54) is 11.3 Å². The molecule has 7 nitrogen and oxygen atoms in total. The molecule has 0 bridgehead atoms. The third-order valence-corrected chi connectivity index (χ3v) is 8.10. The number of likely N-dealkylation sites (N-methyl/N-ethyl adjacent to an activating group) is 1. The fraction of sp³-hybridized carbons (Fsp3) is 0.258. The van der Waals surface area contributed by atoms with Crippen LogP contribution in [0.25, 0.3) is 16.8 Å². The van der Waals surface area contributed by atoms with Crippen molar-refractivity contribution in [2.24, 2.45) is 4.99 Å². The van der Waals surface area contributed by atoms with Gasteiger partial charge in [-0.15, -0.1) is 0 Å². The van der Waals surface area contributed by atoms with E-state index >= 15 is 0 Å². The highest BCUT2D eigenvalue weighted by molar-refractivity contribution is 7.07. The third kappa shape index (κ3) is 4.65. The number of fused-ring (bicyclic) bond motifs is 2. The van der Waals surface area contributed by atoms with Crippen LogP contribution in [0.3, 0.4) is 0 Å². The Bertz CT molecular complexity index is 1780. The van der Waals surface area contributed by atoms with Gasteiger partial charge in [0, 0.05) is 18.7 Å². The Kier molecular flexibility index (Phi) is 7.39. The predicted molar refractivity (Wildman–Crippen MR) is 155 cm³/mol. The lowest BCUT2D eigenvalue weighted by atomic mass is 9.90. The van der Waals surface area contributed by atoms with E-state index in [2.05, 4.69) is 0 Å². The lowest BCUT2D eigenvalue weighted by Crippen LogP contribution is -2.43. The third-order valence-electron chi connectivity index (χ3n) is 7.12. The molecule has 1 amide bonds. The number of hydrogen-bond acceptors (Lipinski definition) is 6. The molecular formula is C31H31N3O4S. The fourth-order valence-electron chi connectivity index (χ4n) is 5.17. The first-order chi connectivity index (χ1) is 18.9. The Morgan fingerprint density at radius 2 is 1.82 bits per heavy atom. The predicted octanol–water partition coefficient (Wildman–Crippen LogP) is 4.27. The number of aromatic nitrogens is 1. The molecule has 2 heterocycles. The van der Waals surface area contributed by atoms with Crippen LogP contribution in [0.4, 0.5) is 0 Å². The quantitative estimate of drug-likeness (QED) is 0.350. The molecule has 0 N–H and O–H groups in total. The molecule has 0 fully saturated rings. The minimum atomic E-state index is -0.706. The largest absolute Gasteiger partial charge is 0.497 e. The SMILES string of the molecule is CCN(CC)C(=O)C1=C(C)N=c2s/c(=C/c3cccc(OC)c3)c(=O)n2[C@H]1c1c(OC)ccc2ccccc12. The number of thiazole rings is 1. The van der Waals surface area contributed by atoms with Crippen LogP contribution < -0.4 is 24.4 Å². The van der Waals surface area contributed by atoms with Gasteiger partial charge in [-0.2, -0.15) is 0 Å². The second kappa shape index (κ2) is 10.9. The molecule has 0 spiro atoms. The highest BCUT2D eigenvalue weighted by Crippen LogP contribution is 2.40. The monoisotopic (exact) mass is 541 g/mol. The molecular weight excluding hydrogens is 510 g/mol. The summed E-state index contributed by atoms with van der Waals surface area (Å²) in [7, 11) is 3.23. The first-order valence-corrected chi connectivity index (χ1v) is 13.7. The van der Waals surface area contributed by atoms with Crippen molar-refractivity contribution in [3.05, 3.63) is 103 Å². The average Bonchev–Trinajstić information content (AvgIpc) is 3.26. The van der Waals surface area contributed by atoms with Crippen molar-refractivity contribution in [2.45, 2.75) is 26.8 Å². The normalized spacial score (nSPS) is 15.2. The minimum Gasteiger partial charge on any atom is -0.497 e. The zero-order valence-electron chi connectivity index (χ0n) is 22.7. The topological polar surface area (TPSA) is 73.1 Å². The van der Waals surface area contributed by atoms with Crippen LogP contribution in [0.2, 0.25) is 0 Å². The second-order valence-corrected chi connectivity index (χ2v) is 10.2. The molecule has 3 aromatic carbocycles. The summed E-state index contributed by atoms with van der Waals surface area (Å²) in [4.78, 5) is 35.3. The van der Waals surface area contributed by atoms with Crippen molar-refractivity contribution in [2.75, 3.05) is 27.3 Å². The summed E-state index contributed by atoms with van der Waals surface area (Å²) in [6.45, 7) is 6.85. The van der Waals surface area contributed by atoms with Gasteiger partial charge in [-0.1, -0.05) is 53.8 Å². The molecule has 1 aliphatic rings. The zero-order valence-corrected chi connectivity index (χ0v) is 23.5. The number of carbonyl (C=O) groups is 1. The molecule has 0 saturated heterocycles. The number of rotatable bonds is 7. The number of amides is 1. The molecule has 39 heavy (non-hydrogen) atoms. The maximum absolute atomic E-state index is 14.1. The van der Waals surface area contributed by atoms with Crippen molar-refractivity contribution in [1.82, 2.24) is 9.47 Å². The van der Waals surface area contributed by atoms with Gasteiger partial charge in [-0.05, 0) is 61.4 Å². The van der Waals surface area contributed by atoms with E-state index in [9.17, 15) is 9.59 Å². The number of benzene rings is 3. The first-order valence-electron chi connectivity index (χ1n) is 12.9. The fourth-order valence-corrected chi connectivity index (χ4v) is 6.21. The van der Waals surface area contributed by atoms with Crippen molar-refractivity contribution < 1.29 is 14.3 Å². The van der Waals surface area contributed by atoms with Gasteiger partial charge in [-0.3, -0.25) is 14.2 Å². The number of nitrogens with zero attached hydrogens (tertiary/aromatic N) is 3. The summed E-state index contributed by atoms with van der Waals surface area (Å²) in [6, 6.07) is 18.7. The molecule has 0 radical (unpaired) electrons. The summed E-state index contributed by atoms with van der Waals surface area (Å²) in [5, 5.41) is 1.92. The molecule has 0 unspecified atom stereocenters. The average molecular weight is 542 g/mol. The molecule has 0 saturated carbocycles. The molecule has 0 aliphatic carbocycles. The number of allylic oxidation sites excluding steroid dienone is 1. The Labute approximate surface area is 230 Å². The summed E-state index contributed by atoms with van der Waals surface area (Å²) in [6.07, 6.45) is 1.84. The second-order valence-electron chi connectivity index (χ2n) is 9.24. The van der Waals surface area contributed by atoms with Crippen LogP contribution >= 0.6 is 11.3 Å². The summed E-state index contributed by atoms with van der Waals surface area (Å²) < 4.78 is 13.4. The minimum absolute atomic E-state index is 0.136. The van der Waals surface area contributed by atoms with Crippen LogP contribution in [-0.2, 0) is 4.79 Å². The molecule has 200 valence electrons. The lowest BCUT2D eigenvalue weighted by Gasteiger charge is -2.30. The van der Waals surface area contributed by atoms with Gasteiger partial charge in [0.1, 0.15) is 17.5 Å². The Hall–Kier alpha value is -4.17. The van der Waals surface area contributed by atoms with Crippen LogP contribution in [0, 0.1) is 0 Å². The molecule has 1 atom stereocenters. The molecule has 1 aromatic heterocycles. The Morgan fingerprint density at radius 1 is 1.05 bits per heavy atom. The molecule has 1 aliphatic heterocycles. The van der Waals surface area contributed by atoms with Gasteiger partial charge in [-0.25, -0.2) is 4.99 Å². The Morgan fingerprint density at radius 3 is 2.54 bits per heavy atom. The van der Waals surface area contributed by atoms with E-state index in [1.807, 2.05) is 87.5 Å². The van der Waals surface area contributed by atoms with E-state index in [0.29, 0.717) is 45.2 Å². The Balaban J connectivity index is 1.84. The summed E-state index contributed by atoms with van der Waals surface area (Å²) in [5.41, 5.74) is 2.48. The standard InChI is InChI=1S/C31H31N3O4S/c1-6-33(7-2)30(36)26-19(3)32-31-34(29(35)25(39-31)18-20-11-10-13-22(17-20)37-4)28(26)27-23-14-9-8-12-21(23)15-16-24(27)38-5/h8-18,28H,6-7H2,1-5H3/b25-18+/t28-/m1/s1. The van der Waals surface area contributed by atoms with Gasteiger partial charge >= 0.3 is 0 Å². The number of carbonyl (C=O) groups excluding carboxylic acids is 1. The highest BCUT2D eigenvalue weighted by atomic mass is 32.1. The number of hydrogen-bond donors (Lipinski definition) is 0. The summed E-state index contributed by atoms with van der Waals surface area (Å²) in [5.74, 6) is 1.18.